The molecule has 1 aromatic carbocycles. The molecule has 2 rings (SSSR count). The molecule has 1 fully saturated rings. The lowest BCUT2D eigenvalue weighted by Crippen LogP contribution is -2.24. The Morgan fingerprint density at radius 1 is 1.37 bits per heavy atom. The third-order valence-corrected chi connectivity index (χ3v) is 4.64. The monoisotopic (exact) mass is 260 g/mol. The molecule has 1 saturated carbocycles. The number of carboxylic acids is 1. The summed E-state index contributed by atoms with van der Waals surface area (Å²) >= 11 is 0. The highest BCUT2D eigenvalue weighted by Gasteiger charge is 2.62. The van der Waals surface area contributed by atoms with Gasteiger partial charge in [0.15, 0.2) is 0 Å². The highest BCUT2D eigenvalue weighted by Crippen LogP contribution is 2.58. The van der Waals surface area contributed by atoms with E-state index in [1.54, 1.807) is 0 Å². The topological polar surface area (TPSA) is 37.3 Å². The van der Waals surface area contributed by atoms with Crippen molar-refractivity contribution in [1.29, 1.82) is 0 Å². The quantitative estimate of drug-likeness (QED) is 0.744. The van der Waals surface area contributed by atoms with Gasteiger partial charge in [-0.1, -0.05) is 69.9 Å². The summed E-state index contributed by atoms with van der Waals surface area (Å²) in [5, 5.41) is 9.65. The third kappa shape index (κ3) is 2.68. The van der Waals surface area contributed by atoms with Gasteiger partial charge in [0.2, 0.25) is 0 Å². The van der Waals surface area contributed by atoms with Gasteiger partial charge in [-0.05, 0) is 23.8 Å². The molecule has 0 aromatic heterocycles. The summed E-state index contributed by atoms with van der Waals surface area (Å²) in [5.74, 6) is 0.165. The predicted octanol–water partition coefficient (Wildman–Crippen LogP) is 4.25. The van der Waals surface area contributed by atoms with Crippen LogP contribution in [0.25, 0.3) is 0 Å². The lowest BCUT2D eigenvalue weighted by molar-refractivity contribution is -0.140. The van der Waals surface area contributed by atoms with Gasteiger partial charge in [-0.2, -0.15) is 0 Å². The van der Waals surface area contributed by atoms with E-state index in [9.17, 15) is 9.90 Å². The lowest BCUT2D eigenvalue weighted by Gasteiger charge is -2.17. The molecule has 0 aliphatic heterocycles. The summed E-state index contributed by atoms with van der Waals surface area (Å²) in [5.41, 5.74) is 0.377. The minimum Gasteiger partial charge on any atom is -0.481 e. The van der Waals surface area contributed by atoms with Gasteiger partial charge in [-0.3, -0.25) is 4.79 Å². The van der Waals surface area contributed by atoms with Crippen molar-refractivity contribution in [3.05, 3.63) is 35.9 Å². The first-order valence-corrected chi connectivity index (χ1v) is 7.41. The third-order valence-electron chi connectivity index (χ3n) is 4.64. The summed E-state index contributed by atoms with van der Waals surface area (Å²) in [7, 11) is 0. The molecule has 1 aliphatic carbocycles. The van der Waals surface area contributed by atoms with E-state index in [-0.39, 0.29) is 0 Å². The summed E-state index contributed by atoms with van der Waals surface area (Å²) in [6, 6.07) is 9.76. The second-order valence-electron chi connectivity index (χ2n) is 5.93. The van der Waals surface area contributed by atoms with Crippen LogP contribution in [0.3, 0.4) is 0 Å². The molecule has 1 N–H and O–H groups in total. The van der Waals surface area contributed by atoms with Gasteiger partial charge in [0.25, 0.3) is 0 Å². The van der Waals surface area contributed by atoms with Crippen LogP contribution >= 0.6 is 0 Å². The van der Waals surface area contributed by atoms with Gasteiger partial charge in [-0.25, -0.2) is 0 Å². The normalized spacial score (nSPS) is 26.9. The Balaban J connectivity index is 2.07. The van der Waals surface area contributed by atoms with E-state index < -0.39 is 11.4 Å². The summed E-state index contributed by atoms with van der Waals surface area (Å²) < 4.78 is 0. The van der Waals surface area contributed by atoms with Gasteiger partial charge in [0.1, 0.15) is 0 Å². The smallest absolute Gasteiger partial charge is 0.314 e. The maximum atomic E-state index is 11.7. The largest absolute Gasteiger partial charge is 0.481 e. The molecular formula is C17H24O2. The number of rotatable bonds is 7. The molecule has 19 heavy (non-hydrogen) atoms. The van der Waals surface area contributed by atoms with Gasteiger partial charge in [-0.15, -0.1) is 0 Å². The van der Waals surface area contributed by atoms with Crippen molar-refractivity contribution in [3.63, 3.8) is 0 Å². The van der Waals surface area contributed by atoms with Crippen molar-refractivity contribution in [1.82, 2.24) is 0 Å². The van der Waals surface area contributed by atoms with E-state index >= 15 is 0 Å². The molecule has 0 heterocycles. The van der Waals surface area contributed by atoms with Crippen molar-refractivity contribution in [2.24, 2.45) is 11.8 Å². The van der Waals surface area contributed by atoms with Crippen molar-refractivity contribution in [2.45, 2.75) is 51.4 Å². The second-order valence-corrected chi connectivity index (χ2v) is 5.93. The molecule has 0 amide bonds. The number of benzene rings is 1. The maximum absolute atomic E-state index is 11.7. The van der Waals surface area contributed by atoms with Crippen LogP contribution in [0.4, 0.5) is 0 Å². The summed E-state index contributed by atoms with van der Waals surface area (Å²) in [6.45, 7) is 4.42. The Morgan fingerprint density at radius 3 is 2.63 bits per heavy atom. The van der Waals surface area contributed by atoms with E-state index in [0.717, 1.165) is 18.4 Å². The zero-order valence-corrected chi connectivity index (χ0v) is 11.9. The first-order chi connectivity index (χ1) is 9.13. The molecule has 0 bridgehead atoms. The number of carbonyl (C=O) groups is 1. The Hall–Kier alpha value is -1.31. The second kappa shape index (κ2) is 5.77. The van der Waals surface area contributed by atoms with Crippen molar-refractivity contribution in [2.75, 3.05) is 0 Å². The van der Waals surface area contributed by atoms with Crippen LogP contribution in [-0.2, 0) is 10.2 Å². The van der Waals surface area contributed by atoms with Crippen LogP contribution in [0, 0.1) is 11.8 Å². The van der Waals surface area contributed by atoms with E-state index in [1.165, 1.54) is 19.3 Å². The average molecular weight is 260 g/mol. The highest BCUT2D eigenvalue weighted by atomic mass is 16.4. The maximum Gasteiger partial charge on any atom is 0.314 e. The molecule has 1 aliphatic rings. The minimum absolute atomic E-state index is 0.309. The first-order valence-electron chi connectivity index (χ1n) is 7.41. The van der Waals surface area contributed by atoms with Crippen molar-refractivity contribution in [3.8, 4) is 0 Å². The fourth-order valence-corrected chi connectivity index (χ4v) is 3.33. The summed E-state index contributed by atoms with van der Waals surface area (Å²) in [4.78, 5) is 11.7. The number of hydrogen-bond donors (Lipinski definition) is 1. The molecule has 2 heteroatoms. The molecule has 1 aromatic rings. The van der Waals surface area contributed by atoms with E-state index in [1.807, 2.05) is 30.3 Å². The van der Waals surface area contributed by atoms with Crippen LogP contribution in [0.15, 0.2) is 30.3 Å². The SMILES string of the molecule is CCCCCC(C)C1CC1(C(=O)O)c1ccccc1. The zero-order valence-electron chi connectivity index (χ0n) is 11.9. The molecule has 0 saturated heterocycles. The molecule has 3 unspecified atom stereocenters. The number of carboxylic acid groups (broad SMARTS) is 1. The number of hydrogen-bond acceptors (Lipinski definition) is 1. The molecule has 0 radical (unpaired) electrons. The standard InChI is InChI=1S/C17H24O2/c1-3-4-6-9-13(2)15-12-17(15,16(18)19)14-10-7-5-8-11-14/h5,7-8,10-11,13,15H,3-4,6,9,12H2,1-2H3,(H,18,19). The Kier molecular flexibility index (Phi) is 4.28. The first kappa shape index (κ1) is 14.1. The van der Waals surface area contributed by atoms with Gasteiger partial charge >= 0.3 is 5.97 Å². The number of aliphatic carboxylic acids is 1. The summed E-state index contributed by atoms with van der Waals surface area (Å²) in [6.07, 6.45) is 5.65. The van der Waals surface area contributed by atoms with Crippen LogP contribution in [0.1, 0.15) is 51.5 Å². The van der Waals surface area contributed by atoms with Crippen LogP contribution in [0.2, 0.25) is 0 Å². The van der Waals surface area contributed by atoms with Crippen LogP contribution in [-0.4, -0.2) is 11.1 Å². The zero-order chi connectivity index (χ0) is 13.9. The van der Waals surface area contributed by atoms with Crippen LogP contribution < -0.4 is 0 Å². The highest BCUT2D eigenvalue weighted by molar-refractivity contribution is 5.85. The Morgan fingerprint density at radius 2 is 2.05 bits per heavy atom. The van der Waals surface area contributed by atoms with E-state index in [2.05, 4.69) is 13.8 Å². The lowest BCUT2D eigenvalue weighted by atomic mass is 9.87. The molecular weight excluding hydrogens is 236 g/mol. The fourth-order valence-electron chi connectivity index (χ4n) is 3.33. The van der Waals surface area contributed by atoms with E-state index in [4.69, 9.17) is 0 Å². The van der Waals surface area contributed by atoms with E-state index in [0.29, 0.717) is 11.8 Å². The van der Waals surface area contributed by atoms with Crippen molar-refractivity contribution < 1.29 is 9.90 Å². The molecule has 3 atom stereocenters. The minimum atomic E-state index is -0.647. The fraction of sp³-hybridized carbons (Fsp3) is 0.588. The Labute approximate surface area is 115 Å². The molecule has 0 spiro atoms. The molecule has 2 nitrogen and oxygen atoms in total. The van der Waals surface area contributed by atoms with Gasteiger partial charge < -0.3 is 5.11 Å². The number of unbranched alkanes of at least 4 members (excludes halogenated alkanes) is 2. The Bertz CT molecular complexity index is 426. The van der Waals surface area contributed by atoms with Crippen LogP contribution in [0.5, 0.6) is 0 Å². The predicted molar refractivity (Wildman–Crippen MR) is 77.2 cm³/mol. The van der Waals surface area contributed by atoms with Crippen molar-refractivity contribution >= 4 is 5.97 Å². The average Bonchev–Trinajstić information content (AvgIpc) is 3.17. The van der Waals surface area contributed by atoms with Gasteiger partial charge in [0, 0.05) is 0 Å². The van der Waals surface area contributed by atoms with Gasteiger partial charge in [0.05, 0.1) is 5.41 Å². The molecule has 104 valence electrons.